The van der Waals surface area contributed by atoms with Crippen molar-refractivity contribution in [1.82, 2.24) is 5.32 Å². The Kier molecular flexibility index (Phi) is 4.14. The predicted octanol–water partition coefficient (Wildman–Crippen LogP) is 3.78. The Morgan fingerprint density at radius 1 is 1.33 bits per heavy atom. The van der Waals surface area contributed by atoms with Crippen LogP contribution < -0.4 is 5.32 Å². The van der Waals surface area contributed by atoms with Crippen LogP contribution in [0.3, 0.4) is 0 Å². The fourth-order valence-electron chi connectivity index (χ4n) is 1.84. The number of nitrogens with zero attached hydrogens (tertiary/aromatic N) is 1. The van der Waals surface area contributed by atoms with Crippen LogP contribution in [0.1, 0.15) is 33.8 Å². The van der Waals surface area contributed by atoms with E-state index in [1.165, 1.54) is 16.0 Å². The van der Waals surface area contributed by atoms with Crippen molar-refractivity contribution in [2.24, 2.45) is 0 Å². The van der Waals surface area contributed by atoms with Gasteiger partial charge in [-0.1, -0.05) is 29.8 Å². The first-order chi connectivity index (χ1) is 8.69. The van der Waals surface area contributed by atoms with Gasteiger partial charge in [-0.3, -0.25) is 0 Å². The summed E-state index contributed by atoms with van der Waals surface area (Å²) in [5.74, 6) is 0. The third-order valence-electron chi connectivity index (χ3n) is 2.90. The maximum atomic E-state index is 8.78. The van der Waals surface area contributed by atoms with Crippen LogP contribution in [-0.4, -0.2) is 0 Å². The van der Waals surface area contributed by atoms with Gasteiger partial charge in [0.2, 0.25) is 0 Å². The van der Waals surface area contributed by atoms with Gasteiger partial charge in [-0.05, 0) is 31.5 Å². The number of nitrogens with one attached hydrogen (secondary N) is 1. The molecule has 0 unspecified atom stereocenters. The molecule has 0 radical (unpaired) electrons. The highest BCUT2D eigenvalue weighted by Crippen LogP contribution is 2.18. The molecular formula is C15H16N2S. The summed E-state index contributed by atoms with van der Waals surface area (Å²) in [4.78, 5) is 1.97. The molecule has 2 aromatic rings. The van der Waals surface area contributed by atoms with Crippen molar-refractivity contribution in [2.45, 2.75) is 26.4 Å². The number of benzene rings is 1. The van der Waals surface area contributed by atoms with Crippen molar-refractivity contribution in [2.75, 3.05) is 0 Å². The van der Waals surface area contributed by atoms with Crippen LogP contribution >= 0.6 is 11.3 Å². The van der Waals surface area contributed by atoms with Gasteiger partial charge in [-0.15, -0.1) is 11.3 Å². The molecule has 0 bridgehead atoms. The van der Waals surface area contributed by atoms with Crippen LogP contribution in [0, 0.1) is 18.3 Å². The first-order valence-corrected chi connectivity index (χ1v) is 6.79. The Labute approximate surface area is 112 Å². The molecule has 0 saturated heterocycles. The number of thiophene rings is 1. The monoisotopic (exact) mass is 256 g/mol. The summed E-state index contributed by atoms with van der Waals surface area (Å²) in [6.07, 6.45) is 0. The third kappa shape index (κ3) is 3.19. The summed E-state index contributed by atoms with van der Waals surface area (Å²) in [7, 11) is 0. The minimum absolute atomic E-state index is 0.317. The van der Waals surface area contributed by atoms with Gasteiger partial charge in [0.05, 0.1) is 0 Å². The topological polar surface area (TPSA) is 35.8 Å². The minimum Gasteiger partial charge on any atom is -0.305 e. The molecule has 1 aromatic carbocycles. The largest absolute Gasteiger partial charge is 0.305 e. The smallest absolute Gasteiger partial charge is 0.110 e. The Bertz CT molecular complexity index is 566. The van der Waals surface area contributed by atoms with Crippen LogP contribution in [-0.2, 0) is 6.54 Å². The average molecular weight is 256 g/mol. The van der Waals surface area contributed by atoms with Crippen molar-refractivity contribution in [3.63, 3.8) is 0 Å². The van der Waals surface area contributed by atoms with E-state index in [4.69, 9.17) is 5.26 Å². The third-order valence-corrected chi connectivity index (χ3v) is 3.89. The Balaban J connectivity index is 1.96. The number of hydrogen-bond acceptors (Lipinski definition) is 3. The van der Waals surface area contributed by atoms with Crippen molar-refractivity contribution < 1.29 is 0 Å². The molecule has 0 aliphatic heterocycles. The van der Waals surface area contributed by atoms with Crippen LogP contribution in [0.4, 0.5) is 0 Å². The zero-order chi connectivity index (χ0) is 13.0. The van der Waals surface area contributed by atoms with Gasteiger partial charge >= 0.3 is 0 Å². The minimum atomic E-state index is 0.317. The molecule has 1 atom stereocenters. The van der Waals surface area contributed by atoms with E-state index in [1.54, 1.807) is 11.3 Å². The van der Waals surface area contributed by atoms with Crippen LogP contribution in [0.5, 0.6) is 0 Å². The fourth-order valence-corrected chi connectivity index (χ4v) is 2.60. The highest BCUT2D eigenvalue weighted by molar-refractivity contribution is 7.12. The van der Waals surface area contributed by atoms with Crippen molar-refractivity contribution in [1.29, 1.82) is 5.26 Å². The van der Waals surface area contributed by atoms with Crippen molar-refractivity contribution >= 4 is 11.3 Å². The molecule has 1 N–H and O–H groups in total. The highest BCUT2D eigenvalue weighted by atomic mass is 32.1. The molecule has 0 spiro atoms. The van der Waals surface area contributed by atoms with Crippen molar-refractivity contribution in [3.8, 4) is 6.07 Å². The summed E-state index contributed by atoms with van der Waals surface area (Å²) in [5.41, 5.74) is 2.58. The molecule has 18 heavy (non-hydrogen) atoms. The standard InChI is InChI=1S/C15H16N2S/c1-11-4-3-5-13(8-11)12(2)17-10-15-7-6-14(9-16)18-15/h3-8,12,17H,10H2,1-2H3/t12-/m0/s1. The summed E-state index contributed by atoms with van der Waals surface area (Å²) < 4.78 is 0. The fraction of sp³-hybridized carbons (Fsp3) is 0.267. The van der Waals surface area contributed by atoms with Crippen molar-refractivity contribution in [3.05, 3.63) is 57.3 Å². The van der Waals surface area contributed by atoms with Crippen LogP contribution in [0.25, 0.3) is 0 Å². The Morgan fingerprint density at radius 3 is 2.83 bits per heavy atom. The first kappa shape index (κ1) is 12.8. The first-order valence-electron chi connectivity index (χ1n) is 5.98. The SMILES string of the molecule is Cc1cccc([C@H](C)NCc2ccc(C#N)s2)c1. The normalized spacial score (nSPS) is 12.1. The molecule has 0 amide bonds. The average Bonchev–Trinajstić information content (AvgIpc) is 2.84. The van der Waals surface area contributed by atoms with E-state index in [2.05, 4.69) is 49.5 Å². The summed E-state index contributed by atoms with van der Waals surface area (Å²) >= 11 is 1.55. The molecule has 1 aromatic heterocycles. The molecule has 1 heterocycles. The van der Waals surface area contributed by atoms with Gasteiger partial charge in [0.15, 0.2) is 0 Å². The Morgan fingerprint density at radius 2 is 2.17 bits per heavy atom. The maximum Gasteiger partial charge on any atom is 0.110 e. The highest BCUT2D eigenvalue weighted by Gasteiger charge is 2.06. The lowest BCUT2D eigenvalue weighted by Gasteiger charge is -2.14. The van der Waals surface area contributed by atoms with Crippen LogP contribution in [0.15, 0.2) is 36.4 Å². The van der Waals surface area contributed by atoms with Gasteiger partial charge < -0.3 is 5.32 Å². The van der Waals surface area contributed by atoms with E-state index < -0.39 is 0 Å². The zero-order valence-corrected chi connectivity index (χ0v) is 11.4. The second-order valence-corrected chi connectivity index (χ2v) is 5.56. The second-order valence-electron chi connectivity index (χ2n) is 4.39. The summed E-state index contributed by atoms with van der Waals surface area (Å²) in [5, 5.41) is 12.3. The molecule has 2 nitrogen and oxygen atoms in total. The molecule has 2 rings (SSSR count). The van der Waals surface area contributed by atoms with E-state index in [0.717, 1.165) is 11.4 Å². The van der Waals surface area contributed by atoms with E-state index in [1.807, 2.05) is 12.1 Å². The molecule has 0 aliphatic rings. The quantitative estimate of drug-likeness (QED) is 0.903. The number of nitriles is 1. The Hall–Kier alpha value is -1.63. The second kappa shape index (κ2) is 5.81. The lowest BCUT2D eigenvalue weighted by molar-refractivity contribution is 0.578. The van der Waals surface area contributed by atoms with Gasteiger partial charge in [0.1, 0.15) is 10.9 Å². The van der Waals surface area contributed by atoms with E-state index in [9.17, 15) is 0 Å². The zero-order valence-electron chi connectivity index (χ0n) is 10.6. The van der Waals surface area contributed by atoms with Gasteiger partial charge in [0.25, 0.3) is 0 Å². The lowest BCUT2D eigenvalue weighted by Crippen LogP contribution is -2.17. The number of hydrogen-bond donors (Lipinski definition) is 1. The summed E-state index contributed by atoms with van der Waals surface area (Å²) in [6, 6.07) is 14.9. The van der Waals surface area contributed by atoms with Gasteiger partial charge in [-0.25, -0.2) is 0 Å². The molecule has 0 saturated carbocycles. The molecule has 0 fully saturated rings. The van der Waals surface area contributed by atoms with Crippen LogP contribution in [0.2, 0.25) is 0 Å². The molecule has 92 valence electrons. The van der Waals surface area contributed by atoms with Gasteiger partial charge in [-0.2, -0.15) is 5.26 Å². The number of rotatable bonds is 4. The summed E-state index contributed by atoms with van der Waals surface area (Å²) in [6.45, 7) is 5.07. The van der Waals surface area contributed by atoms with Gasteiger partial charge in [0, 0.05) is 17.5 Å². The van der Waals surface area contributed by atoms with E-state index in [0.29, 0.717) is 6.04 Å². The number of aryl methyl sites for hydroxylation is 1. The molecule has 3 heteroatoms. The predicted molar refractivity (Wildman–Crippen MR) is 75.5 cm³/mol. The lowest BCUT2D eigenvalue weighted by atomic mass is 10.1. The maximum absolute atomic E-state index is 8.78. The molecule has 0 aliphatic carbocycles. The van der Waals surface area contributed by atoms with E-state index in [-0.39, 0.29) is 0 Å². The van der Waals surface area contributed by atoms with E-state index >= 15 is 0 Å². The molecular weight excluding hydrogens is 240 g/mol.